The summed E-state index contributed by atoms with van der Waals surface area (Å²) < 4.78 is 1.94. The van der Waals surface area contributed by atoms with E-state index in [0.29, 0.717) is 0 Å². The van der Waals surface area contributed by atoms with E-state index in [9.17, 15) is 0 Å². The summed E-state index contributed by atoms with van der Waals surface area (Å²) >= 11 is 1.66. The van der Waals surface area contributed by atoms with Crippen molar-refractivity contribution in [2.45, 2.75) is 31.8 Å². The molecule has 0 bridgehead atoms. The van der Waals surface area contributed by atoms with Crippen molar-refractivity contribution in [2.75, 3.05) is 13.6 Å². The molecule has 5 nitrogen and oxygen atoms in total. The molecule has 128 valence electrons. The van der Waals surface area contributed by atoms with Crippen molar-refractivity contribution < 1.29 is 0 Å². The Hall–Kier alpha value is -2.34. The lowest BCUT2D eigenvalue weighted by Crippen LogP contribution is -2.32. The zero-order chi connectivity index (χ0) is 17.4. The van der Waals surface area contributed by atoms with Gasteiger partial charge < -0.3 is 4.90 Å². The van der Waals surface area contributed by atoms with Gasteiger partial charge in [-0.1, -0.05) is 25.1 Å². The molecular formula is C19H21N5S. The standard InChI is InChI=1S/C19H21N5S/c1-4-10-23-12-14-11-16-13(2)22-24(15-8-6-5-7-9-15)17(16)21-18(14)25-19(23)20-3/h5-9,11H,4,10,12H2,1-3H3. The second kappa shape index (κ2) is 6.52. The molecule has 2 aromatic heterocycles. The van der Waals surface area contributed by atoms with Crippen LogP contribution in [-0.2, 0) is 6.54 Å². The highest BCUT2D eigenvalue weighted by Crippen LogP contribution is 2.34. The van der Waals surface area contributed by atoms with Crippen LogP contribution in [0.5, 0.6) is 0 Å². The molecule has 0 unspecified atom stereocenters. The number of benzene rings is 1. The van der Waals surface area contributed by atoms with Crippen molar-refractivity contribution in [1.82, 2.24) is 19.7 Å². The summed E-state index contributed by atoms with van der Waals surface area (Å²) in [5, 5.41) is 7.93. The summed E-state index contributed by atoms with van der Waals surface area (Å²) in [6.07, 6.45) is 1.11. The molecule has 1 aliphatic heterocycles. The number of aromatic nitrogens is 3. The minimum Gasteiger partial charge on any atom is -0.347 e. The van der Waals surface area contributed by atoms with Crippen LogP contribution in [0, 0.1) is 6.92 Å². The highest BCUT2D eigenvalue weighted by atomic mass is 32.2. The van der Waals surface area contributed by atoms with E-state index >= 15 is 0 Å². The van der Waals surface area contributed by atoms with Crippen molar-refractivity contribution in [3.63, 3.8) is 0 Å². The second-order valence-electron chi connectivity index (χ2n) is 6.19. The highest BCUT2D eigenvalue weighted by molar-refractivity contribution is 8.13. The number of hydrogen-bond acceptors (Lipinski definition) is 4. The van der Waals surface area contributed by atoms with Crippen LogP contribution < -0.4 is 0 Å². The molecule has 0 aliphatic carbocycles. The fourth-order valence-corrected chi connectivity index (χ4v) is 4.15. The molecule has 0 spiro atoms. The van der Waals surface area contributed by atoms with Gasteiger partial charge in [0, 0.05) is 31.1 Å². The van der Waals surface area contributed by atoms with Gasteiger partial charge in [-0.25, -0.2) is 9.67 Å². The number of amidine groups is 1. The lowest BCUT2D eigenvalue weighted by atomic mass is 10.2. The third-order valence-electron chi connectivity index (χ3n) is 4.39. The topological polar surface area (TPSA) is 46.3 Å². The number of thioether (sulfide) groups is 1. The third-order valence-corrected chi connectivity index (χ3v) is 5.56. The van der Waals surface area contributed by atoms with Gasteiger partial charge in [0.15, 0.2) is 10.8 Å². The lowest BCUT2D eigenvalue weighted by Gasteiger charge is -2.30. The summed E-state index contributed by atoms with van der Waals surface area (Å²) in [4.78, 5) is 11.7. The van der Waals surface area contributed by atoms with Crippen LogP contribution in [0.1, 0.15) is 24.6 Å². The fourth-order valence-electron chi connectivity index (χ4n) is 3.21. The Morgan fingerprint density at radius 2 is 2.04 bits per heavy atom. The Labute approximate surface area is 151 Å². The Morgan fingerprint density at radius 1 is 1.24 bits per heavy atom. The van der Waals surface area contributed by atoms with Crippen molar-refractivity contribution in [2.24, 2.45) is 4.99 Å². The Balaban J connectivity index is 1.85. The van der Waals surface area contributed by atoms with E-state index in [1.165, 1.54) is 5.56 Å². The summed E-state index contributed by atoms with van der Waals surface area (Å²) in [6, 6.07) is 12.4. The van der Waals surface area contributed by atoms with E-state index in [1.54, 1.807) is 11.8 Å². The second-order valence-corrected chi connectivity index (χ2v) is 7.14. The molecule has 0 saturated heterocycles. The van der Waals surface area contributed by atoms with E-state index in [4.69, 9.17) is 10.1 Å². The minimum atomic E-state index is 0.863. The molecule has 0 amide bonds. The number of aliphatic imine (C=N–C) groups is 1. The molecule has 0 radical (unpaired) electrons. The first kappa shape index (κ1) is 16.1. The quantitative estimate of drug-likeness (QED) is 0.715. The largest absolute Gasteiger partial charge is 0.347 e. The van der Waals surface area contributed by atoms with Gasteiger partial charge in [-0.15, -0.1) is 0 Å². The van der Waals surface area contributed by atoms with Crippen LogP contribution in [0.15, 0.2) is 46.4 Å². The Bertz CT molecular complexity index is 945. The van der Waals surface area contributed by atoms with Gasteiger partial charge in [0.1, 0.15) is 5.03 Å². The summed E-state index contributed by atoms with van der Waals surface area (Å²) in [6.45, 7) is 6.12. The molecular weight excluding hydrogens is 330 g/mol. The molecule has 3 heterocycles. The van der Waals surface area contributed by atoms with Crippen molar-refractivity contribution in [3.05, 3.63) is 47.7 Å². The first-order valence-corrected chi connectivity index (χ1v) is 9.37. The number of pyridine rings is 1. The number of hydrogen-bond donors (Lipinski definition) is 0. The van der Waals surface area contributed by atoms with Gasteiger partial charge in [0.2, 0.25) is 0 Å². The monoisotopic (exact) mass is 351 g/mol. The average Bonchev–Trinajstić information content (AvgIpc) is 2.96. The van der Waals surface area contributed by atoms with Crippen molar-refractivity contribution in [3.8, 4) is 5.69 Å². The van der Waals surface area contributed by atoms with E-state index in [-0.39, 0.29) is 0 Å². The molecule has 0 saturated carbocycles. The summed E-state index contributed by atoms with van der Waals surface area (Å²) in [5.41, 5.74) is 4.21. The molecule has 3 aromatic rings. The van der Waals surface area contributed by atoms with Crippen LogP contribution in [0.3, 0.4) is 0 Å². The molecule has 0 N–H and O–H groups in total. The molecule has 0 fully saturated rings. The van der Waals surface area contributed by atoms with Crippen molar-refractivity contribution >= 4 is 28.0 Å². The maximum atomic E-state index is 4.96. The van der Waals surface area contributed by atoms with E-state index < -0.39 is 0 Å². The van der Waals surface area contributed by atoms with Crippen LogP contribution in [-0.4, -0.2) is 38.4 Å². The number of fused-ring (bicyclic) bond motifs is 2. The van der Waals surface area contributed by atoms with Crippen LogP contribution >= 0.6 is 11.8 Å². The van der Waals surface area contributed by atoms with Gasteiger partial charge >= 0.3 is 0 Å². The van der Waals surface area contributed by atoms with Gasteiger partial charge in [-0.2, -0.15) is 5.10 Å². The molecule has 4 rings (SSSR count). The van der Waals surface area contributed by atoms with Gasteiger partial charge in [0.05, 0.1) is 11.4 Å². The van der Waals surface area contributed by atoms with E-state index in [2.05, 4.69) is 41.9 Å². The maximum Gasteiger partial charge on any atom is 0.165 e. The predicted octanol–water partition coefficient (Wildman–Crippen LogP) is 4.03. The first-order valence-electron chi connectivity index (χ1n) is 8.55. The first-order chi connectivity index (χ1) is 12.2. The molecule has 6 heteroatoms. The third kappa shape index (κ3) is 2.80. The SMILES string of the molecule is CCCN1Cc2cc3c(C)nn(-c4ccccc4)c3nc2SC1=NC. The molecule has 1 aliphatic rings. The number of nitrogens with zero attached hydrogens (tertiary/aromatic N) is 5. The number of rotatable bonds is 3. The fraction of sp³-hybridized carbons (Fsp3) is 0.316. The lowest BCUT2D eigenvalue weighted by molar-refractivity contribution is 0.411. The molecule has 0 atom stereocenters. The van der Waals surface area contributed by atoms with Crippen LogP contribution in [0.25, 0.3) is 16.7 Å². The molecule has 1 aromatic carbocycles. The maximum absolute atomic E-state index is 4.96. The summed E-state index contributed by atoms with van der Waals surface area (Å²) in [5.74, 6) is 0. The van der Waals surface area contributed by atoms with Gasteiger partial charge in [-0.3, -0.25) is 4.99 Å². The highest BCUT2D eigenvalue weighted by Gasteiger charge is 2.24. The normalized spacial score (nSPS) is 15.8. The molecule has 25 heavy (non-hydrogen) atoms. The van der Waals surface area contributed by atoms with E-state index in [1.807, 2.05) is 29.9 Å². The Morgan fingerprint density at radius 3 is 2.76 bits per heavy atom. The number of aryl methyl sites for hydroxylation is 1. The number of para-hydroxylation sites is 1. The van der Waals surface area contributed by atoms with Gasteiger partial charge in [0.25, 0.3) is 0 Å². The van der Waals surface area contributed by atoms with Crippen LogP contribution in [0.2, 0.25) is 0 Å². The predicted molar refractivity (Wildman–Crippen MR) is 104 cm³/mol. The zero-order valence-electron chi connectivity index (χ0n) is 14.7. The van der Waals surface area contributed by atoms with Crippen LogP contribution in [0.4, 0.5) is 0 Å². The smallest absolute Gasteiger partial charge is 0.165 e. The van der Waals surface area contributed by atoms with Crippen molar-refractivity contribution in [1.29, 1.82) is 0 Å². The average molecular weight is 351 g/mol. The van der Waals surface area contributed by atoms with Gasteiger partial charge in [-0.05, 0) is 43.3 Å². The minimum absolute atomic E-state index is 0.863. The Kier molecular flexibility index (Phi) is 4.21. The zero-order valence-corrected chi connectivity index (χ0v) is 15.5. The summed E-state index contributed by atoms with van der Waals surface area (Å²) in [7, 11) is 1.85. The van der Waals surface area contributed by atoms with E-state index in [0.717, 1.165) is 52.1 Å².